The molecule has 166 valence electrons. The van der Waals surface area contributed by atoms with E-state index in [1.807, 2.05) is 0 Å². The molecule has 0 aromatic carbocycles. The lowest BCUT2D eigenvalue weighted by atomic mass is 10.0. The first kappa shape index (κ1) is 28.8. The molecule has 28 heavy (non-hydrogen) atoms. The number of unbranched alkanes of at least 4 members (excludes halogenated alkanes) is 15. The molecule has 0 amide bonds. The molecule has 0 bridgehead atoms. The van der Waals surface area contributed by atoms with Crippen LogP contribution in [0.1, 0.15) is 116 Å². The van der Waals surface area contributed by atoms with Gasteiger partial charge in [-0.1, -0.05) is 110 Å². The fourth-order valence-corrected chi connectivity index (χ4v) is 2.92. The smallest absolute Gasteiger partial charge is 0.331 e. The minimum atomic E-state index is -1.27. The molecule has 3 N–H and O–H groups in total. The standard InChI is InChI=1S/C18H38O.C5H6O4/c1-2-3-4-5-6-7-8-9-10-11-12-13-14-15-16-17-18-19;1-3(5(8)9)2-4(6)7/h19H,2-18H2,1H3;1-2H2,(H,6,7)(H,8,9). The van der Waals surface area contributed by atoms with Crippen molar-refractivity contribution >= 4 is 11.9 Å². The summed E-state index contributed by atoms with van der Waals surface area (Å²) in [5.41, 5.74) is -0.303. The van der Waals surface area contributed by atoms with Crippen molar-refractivity contribution in [1.29, 1.82) is 0 Å². The molecule has 5 nitrogen and oxygen atoms in total. The van der Waals surface area contributed by atoms with Gasteiger partial charge < -0.3 is 15.3 Å². The molecule has 0 aliphatic rings. The van der Waals surface area contributed by atoms with Crippen molar-refractivity contribution in [2.75, 3.05) is 6.61 Å². The molecular formula is C23H44O5. The van der Waals surface area contributed by atoms with E-state index in [1.165, 1.54) is 96.3 Å². The van der Waals surface area contributed by atoms with Gasteiger partial charge in [-0.3, -0.25) is 4.79 Å². The highest BCUT2D eigenvalue weighted by Crippen LogP contribution is 2.13. The summed E-state index contributed by atoms with van der Waals surface area (Å²) >= 11 is 0. The SMILES string of the molecule is C=C(CC(=O)O)C(=O)O.CCCCCCCCCCCCCCCCCCO. The summed E-state index contributed by atoms with van der Waals surface area (Å²) in [4.78, 5) is 19.7. The highest BCUT2D eigenvalue weighted by atomic mass is 16.4. The molecule has 0 aromatic heterocycles. The Morgan fingerprint density at radius 2 is 0.964 bits per heavy atom. The zero-order chi connectivity index (χ0) is 21.5. The van der Waals surface area contributed by atoms with Crippen molar-refractivity contribution in [1.82, 2.24) is 0 Å². The minimum Gasteiger partial charge on any atom is -0.481 e. The van der Waals surface area contributed by atoms with Gasteiger partial charge in [0.25, 0.3) is 0 Å². The number of carbonyl (C=O) groups is 2. The molecular weight excluding hydrogens is 356 g/mol. The average Bonchev–Trinajstić information content (AvgIpc) is 2.65. The second-order valence-electron chi connectivity index (χ2n) is 7.51. The van der Waals surface area contributed by atoms with Crippen molar-refractivity contribution in [3.8, 4) is 0 Å². The molecule has 0 unspecified atom stereocenters. The van der Waals surface area contributed by atoms with Crippen molar-refractivity contribution in [3.05, 3.63) is 12.2 Å². The van der Waals surface area contributed by atoms with E-state index in [1.54, 1.807) is 0 Å². The Bertz CT molecular complexity index is 363. The maximum absolute atomic E-state index is 9.87. The molecule has 0 radical (unpaired) electrons. The fraction of sp³-hybridized carbons (Fsp3) is 0.826. The van der Waals surface area contributed by atoms with Gasteiger partial charge in [0.1, 0.15) is 0 Å². The molecule has 0 aromatic rings. The van der Waals surface area contributed by atoms with Crippen LogP contribution in [0.15, 0.2) is 12.2 Å². The summed E-state index contributed by atoms with van der Waals surface area (Å²) in [6.07, 6.45) is 21.7. The van der Waals surface area contributed by atoms with Gasteiger partial charge in [0.05, 0.1) is 6.42 Å². The summed E-state index contributed by atoms with van der Waals surface area (Å²) < 4.78 is 0. The van der Waals surface area contributed by atoms with Gasteiger partial charge in [-0.05, 0) is 6.42 Å². The number of aliphatic carboxylic acids is 2. The Morgan fingerprint density at radius 3 is 1.18 bits per heavy atom. The van der Waals surface area contributed by atoms with Crippen molar-refractivity contribution in [3.63, 3.8) is 0 Å². The normalized spacial score (nSPS) is 10.2. The predicted octanol–water partition coefficient (Wildman–Crippen LogP) is 6.34. The van der Waals surface area contributed by atoms with Gasteiger partial charge in [-0.15, -0.1) is 0 Å². The zero-order valence-corrected chi connectivity index (χ0v) is 18.1. The lowest BCUT2D eigenvalue weighted by Crippen LogP contribution is -2.04. The minimum absolute atomic E-state index is 0.303. The van der Waals surface area contributed by atoms with E-state index in [9.17, 15) is 9.59 Å². The van der Waals surface area contributed by atoms with Crippen molar-refractivity contribution in [2.24, 2.45) is 0 Å². The monoisotopic (exact) mass is 400 g/mol. The van der Waals surface area contributed by atoms with Crippen LogP contribution >= 0.6 is 0 Å². The Morgan fingerprint density at radius 1 is 0.643 bits per heavy atom. The van der Waals surface area contributed by atoms with Gasteiger partial charge >= 0.3 is 11.9 Å². The number of aliphatic hydroxyl groups excluding tert-OH is 1. The summed E-state index contributed by atoms with van der Waals surface area (Å²) in [6.45, 7) is 5.67. The molecule has 0 atom stereocenters. The molecule has 5 heteroatoms. The molecule has 0 spiro atoms. The van der Waals surface area contributed by atoms with Crippen LogP contribution < -0.4 is 0 Å². The molecule has 0 rings (SSSR count). The van der Waals surface area contributed by atoms with Crippen LogP contribution in [0.25, 0.3) is 0 Å². The lowest BCUT2D eigenvalue weighted by Gasteiger charge is -2.03. The third-order valence-electron chi connectivity index (χ3n) is 4.68. The highest BCUT2D eigenvalue weighted by molar-refractivity contribution is 5.91. The largest absolute Gasteiger partial charge is 0.481 e. The van der Waals surface area contributed by atoms with Crippen LogP contribution in [0, 0.1) is 0 Å². The van der Waals surface area contributed by atoms with Crippen LogP contribution in [-0.2, 0) is 9.59 Å². The molecule has 0 aliphatic heterocycles. The number of hydrogen-bond donors (Lipinski definition) is 3. The first-order valence-electron chi connectivity index (χ1n) is 11.2. The number of aliphatic hydroxyl groups is 1. The zero-order valence-electron chi connectivity index (χ0n) is 18.1. The lowest BCUT2D eigenvalue weighted by molar-refractivity contribution is -0.139. The molecule has 0 heterocycles. The third kappa shape index (κ3) is 26.9. The summed E-state index contributed by atoms with van der Waals surface area (Å²) in [6, 6.07) is 0. The van der Waals surface area contributed by atoms with E-state index in [0.29, 0.717) is 6.61 Å². The van der Waals surface area contributed by atoms with Gasteiger partial charge in [-0.2, -0.15) is 0 Å². The first-order chi connectivity index (χ1) is 13.5. The summed E-state index contributed by atoms with van der Waals surface area (Å²) in [5.74, 6) is -2.44. The summed E-state index contributed by atoms with van der Waals surface area (Å²) in [7, 11) is 0. The van der Waals surface area contributed by atoms with E-state index >= 15 is 0 Å². The second kappa shape index (κ2) is 23.7. The third-order valence-corrected chi connectivity index (χ3v) is 4.68. The summed E-state index contributed by atoms with van der Waals surface area (Å²) in [5, 5.41) is 24.7. The van der Waals surface area contributed by atoms with Crippen LogP contribution in [0.2, 0.25) is 0 Å². The van der Waals surface area contributed by atoms with Crippen molar-refractivity contribution in [2.45, 2.75) is 116 Å². The first-order valence-corrected chi connectivity index (χ1v) is 11.2. The maximum atomic E-state index is 9.87. The van der Waals surface area contributed by atoms with Gasteiger partial charge in [0.2, 0.25) is 0 Å². The number of hydrogen-bond acceptors (Lipinski definition) is 3. The Balaban J connectivity index is 0. The predicted molar refractivity (Wildman–Crippen MR) is 116 cm³/mol. The molecule has 0 aliphatic carbocycles. The molecule has 0 saturated carbocycles. The Labute approximate surface area is 172 Å². The quantitative estimate of drug-likeness (QED) is 0.174. The Kier molecular flexibility index (Phi) is 24.4. The van der Waals surface area contributed by atoms with Gasteiger partial charge in [-0.25, -0.2) is 4.79 Å². The Hall–Kier alpha value is -1.36. The van der Waals surface area contributed by atoms with Crippen LogP contribution in [0.4, 0.5) is 0 Å². The van der Waals surface area contributed by atoms with Gasteiger partial charge in [0.15, 0.2) is 0 Å². The highest BCUT2D eigenvalue weighted by Gasteiger charge is 2.07. The fourth-order valence-electron chi connectivity index (χ4n) is 2.92. The topological polar surface area (TPSA) is 94.8 Å². The number of carboxylic acids is 2. The molecule has 0 fully saturated rings. The van der Waals surface area contributed by atoms with E-state index in [-0.39, 0.29) is 5.57 Å². The van der Waals surface area contributed by atoms with E-state index in [0.717, 1.165) is 6.42 Å². The van der Waals surface area contributed by atoms with E-state index in [2.05, 4.69) is 13.5 Å². The van der Waals surface area contributed by atoms with Crippen LogP contribution in [0.3, 0.4) is 0 Å². The molecule has 0 saturated heterocycles. The van der Waals surface area contributed by atoms with Crippen LogP contribution in [-0.4, -0.2) is 33.9 Å². The van der Waals surface area contributed by atoms with E-state index in [4.69, 9.17) is 15.3 Å². The van der Waals surface area contributed by atoms with Crippen molar-refractivity contribution < 1.29 is 24.9 Å². The average molecular weight is 401 g/mol. The van der Waals surface area contributed by atoms with Gasteiger partial charge in [0, 0.05) is 12.2 Å². The number of rotatable bonds is 19. The van der Waals surface area contributed by atoms with E-state index < -0.39 is 18.4 Å². The second-order valence-corrected chi connectivity index (χ2v) is 7.51. The van der Waals surface area contributed by atoms with Crippen LogP contribution in [0.5, 0.6) is 0 Å². The maximum Gasteiger partial charge on any atom is 0.331 e. The number of carboxylic acid groups (broad SMARTS) is 2.